The molecule has 1 aromatic heterocycles. The third-order valence-electron chi connectivity index (χ3n) is 3.04. The Kier molecular flexibility index (Phi) is 4.62. The molecule has 6 heteroatoms. The minimum atomic E-state index is -1.10. The van der Waals surface area contributed by atoms with Gasteiger partial charge in [-0.1, -0.05) is 30.7 Å². The van der Waals surface area contributed by atoms with Crippen LogP contribution in [0.25, 0.3) is 0 Å². The Morgan fingerprint density at radius 3 is 2.90 bits per heavy atom. The van der Waals surface area contributed by atoms with Crippen LogP contribution in [0.5, 0.6) is 5.75 Å². The number of aromatic nitrogens is 2. The molecule has 1 aromatic carbocycles. The van der Waals surface area contributed by atoms with E-state index >= 15 is 0 Å². The molecule has 4 nitrogen and oxygen atoms in total. The van der Waals surface area contributed by atoms with Crippen molar-refractivity contribution in [2.75, 3.05) is 7.11 Å². The first kappa shape index (κ1) is 14.8. The van der Waals surface area contributed by atoms with E-state index in [4.69, 9.17) is 16.3 Å². The lowest BCUT2D eigenvalue weighted by atomic mass is 10.1. The van der Waals surface area contributed by atoms with Crippen LogP contribution >= 0.6 is 11.6 Å². The van der Waals surface area contributed by atoms with Gasteiger partial charge in [-0.25, -0.2) is 4.39 Å². The monoisotopic (exact) mass is 298 g/mol. The Hall–Kier alpha value is -1.59. The van der Waals surface area contributed by atoms with E-state index in [1.54, 1.807) is 10.7 Å². The molecule has 0 saturated heterocycles. The molecule has 0 radical (unpaired) electrons. The summed E-state index contributed by atoms with van der Waals surface area (Å²) >= 11 is 5.92. The molecule has 1 unspecified atom stereocenters. The zero-order valence-corrected chi connectivity index (χ0v) is 12.1. The predicted octanol–water partition coefficient (Wildman–Crippen LogP) is 3.18. The topological polar surface area (TPSA) is 47.3 Å². The molecular formula is C14H16ClFN2O2. The molecule has 1 N–H and O–H groups in total. The zero-order chi connectivity index (χ0) is 14.7. The molecule has 1 atom stereocenters. The lowest BCUT2D eigenvalue weighted by molar-refractivity contribution is 0.201. The van der Waals surface area contributed by atoms with Crippen molar-refractivity contribution in [1.29, 1.82) is 0 Å². The number of nitrogens with zero attached hydrogens (tertiary/aromatic N) is 2. The fourth-order valence-electron chi connectivity index (χ4n) is 2.08. The van der Waals surface area contributed by atoms with Gasteiger partial charge in [-0.2, -0.15) is 5.10 Å². The molecule has 0 spiro atoms. The third-order valence-corrected chi connectivity index (χ3v) is 3.43. The minimum Gasteiger partial charge on any atom is -0.493 e. The number of ether oxygens (including phenoxy) is 1. The summed E-state index contributed by atoms with van der Waals surface area (Å²) in [5.41, 5.74) is 0.768. The van der Waals surface area contributed by atoms with Crippen LogP contribution in [0.3, 0.4) is 0 Å². The molecule has 0 bridgehead atoms. The lowest BCUT2D eigenvalue weighted by Gasteiger charge is -2.16. The summed E-state index contributed by atoms with van der Waals surface area (Å²) in [6, 6.07) is 4.34. The highest BCUT2D eigenvalue weighted by Gasteiger charge is 2.24. The summed E-state index contributed by atoms with van der Waals surface area (Å²) in [5, 5.41) is 14.6. The SMILES string of the molecule is CCCn1ncc(OC)c1C(O)c1cccc(F)c1Cl. The maximum atomic E-state index is 13.5. The van der Waals surface area contributed by atoms with Gasteiger partial charge in [-0.05, 0) is 12.5 Å². The highest BCUT2D eigenvalue weighted by molar-refractivity contribution is 6.31. The highest BCUT2D eigenvalue weighted by Crippen LogP contribution is 2.34. The molecular weight excluding hydrogens is 283 g/mol. The van der Waals surface area contributed by atoms with Crippen molar-refractivity contribution in [3.63, 3.8) is 0 Å². The average molecular weight is 299 g/mol. The van der Waals surface area contributed by atoms with Crippen LogP contribution in [-0.4, -0.2) is 22.0 Å². The van der Waals surface area contributed by atoms with E-state index in [0.717, 1.165) is 6.42 Å². The first-order chi connectivity index (χ1) is 9.60. The maximum absolute atomic E-state index is 13.5. The van der Waals surface area contributed by atoms with Crippen LogP contribution in [0.15, 0.2) is 24.4 Å². The summed E-state index contributed by atoms with van der Waals surface area (Å²) in [6.45, 7) is 2.63. The van der Waals surface area contributed by atoms with Gasteiger partial charge < -0.3 is 9.84 Å². The quantitative estimate of drug-likeness (QED) is 0.922. The van der Waals surface area contributed by atoms with E-state index in [-0.39, 0.29) is 5.02 Å². The van der Waals surface area contributed by atoms with Gasteiger partial charge in [-0.3, -0.25) is 4.68 Å². The van der Waals surface area contributed by atoms with Crippen molar-refractivity contribution >= 4 is 11.6 Å². The summed E-state index contributed by atoms with van der Waals surface area (Å²) in [6.07, 6.45) is 1.28. The first-order valence-electron chi connectivity index (χ1n) is 6.31. The molecule has 0 aliphatic heterocycles. The maximum Gasteiger partial charge on any atom is 0.163 e. The van der Waals surface area contributed by atoms with E-state index in [2.05, 4.69) is 5.10 Å². The van der Waals surface area contributed by atoms with Gasteiger partial charge in [0.25, 0.3) is 0 Å². The van der Waals surface area contributed by atoms with Crippen molar-refractivity contribution < 1.29 is 14.2 Å². The summed E-state index contributed by atoms with van der Waals surface area (Å²) in [4.78, 5) is 0. The molecule has 108 valence electrons. The molecule has 20 heavy (non-hydrogen) atoms. The molecule has 0 saturated carbocycles. The second-order valence-electron chi connectivity index (χ2n) is 4.37. The normalized spacial score (nSPS) is 12.4. The largest absolute Gasteiger partial charge is 0.493 e. The molecule has 0 aliphatic carbocycles. The number of methoxy groups -OCH3 is 1. The summed E-state index contributed by atoms with van der Waals surface area (Å²) in [7, 11) is 1.50. The van der Waals surface area contributed by atoms with Crippen LogP contribution in [-0.2, 0) is 6.54 Å². The summed E-state index contributed by atoms with van der Waals surface area (Å²) in [5.74, 6) is -0.116. The first-order valence-corrected chi connectivity index (χ1v) is 6.69. The van der Waals surface area contributed by atoms with Crippen LogP contribution in [0.2, 0.25) is 5.02 Å². The fraction of sp³-hybridized carbons (Fsp3) is 0.357. The van der Waals surface area contributed by atoms with Gasteiger partial charge >= 0.3 is 0 Å². The van der Waals surface area contributed by atoms with Crippen molar-refractivity contribution in [3.8, 4) is 5.75 Å². The molecule has 2 aromatic rings. The lowest BCUT2D eigenvalue weighted by Crippen LogP contribution is -2.12. The molecule has 0 amide bonds. The van der Waals surface area contributed by atoms with Crippen molar-refractivity contribution in [2.45, 2.75) is 26.0 Å². The Morgan fingerprint density at radius 2 is 2.25 bits per heavy atom. The molecule has 0 aliphatic rings. The third kappa shape index (κ3) is 2.64. The number of aliphatic hydroxyl groups excluding tert-OH is 1. The van der Waals surface area contributed by atoms with Crippen molar-refractivity contribution in [1.82, 2.24) is 9.78 Å². The molecule has 1 heterocycles. The summed E-state index contributed by atoms with van der Waals surface area (Å²) < 4.78 is 20.4. The van der Waals surface area contributed by atoms with Gasteiger partial charge in [0.2, 0.25) is 0 Å². The minimum absolute atomic E-state index is 0.0914. The molecule has 2 rings (SSSR count). The highest BCUT2D eigenvalue weighted by atomic mass is 35.5. The Morgan fingerprint density at radius 1 is 1.50 bits per heavy atom. The number of aryl methyl sites for hydroxylation is 1. The van der Waals surface area contributed by atoms with Gasteiger partial charge in [0.05, 0.1) is 18.3 Å². The standard InChI is InChI=1S/C14H16ClFN2O2/c1-3-7-18-13(11(20-2)8-17-18)14(19)9-5-4-6-10(16)12(9)15/h4-6,8,14,19H,3,7H2,1-2H3. The average Bonchev–Trinajstić information content (AvgIpc) is 2.84. The second kappa shape index (κ2) is 6.24. The number of hydrogen-bond donors (Lipinski definition) is 1. The molecule has 0 fully saturated rings. The van der Waals surface area contributed by atoms with E-state index in [0.29, 0.717) is 23.6 Å². The van der Waals surface area contributed by atoms with E-state index < -0.39 is 11.9 Å². The van der Waals surface area contributed by atoms with Gasteiger partial charge in [0.1, 0.15) is 17.6 Å². The predicted molar refractivity (Wildman–Crippen MR) is 74.5 cm³/mol. The Labute approximate surface area is 121 Å². The Balaban J connectivity index is 2.49. The van der Waals surface area contributed by atoms with E-state index in [1.807, 2.05) is 6.92 Å². The zero-order valence-electron chi connectivity index (χ0n) is 11.3. The van der Waals surface area contributed by atoms with Crippen LogP contribution < -0.4 is 4.74 Å². The van der Waals surface area contributed by atoms with Crippen molar-refractivity contribution in [2.24, 2.45) is 0 Å². The van der Waals surface area contributed by atoms with Crippen LogP contribution in [0.4, 0.5) is 4.39 Å². The van der Waals surface area contributed by atoms with Crippen LogP contribution in [0, 0.1) is 5.82 Å². The number of hydrogen-bond acceptors (Lipinski definition) is 3. The van der Waals surface area contributed by atoms with Crippen LogP contribution in [0.1, 0.15) is 30.7 Å². The van der Waals surface area contributed by atoms with Gasteiger partial charge in [-0.15, -0.1) is 0 Å². The second-order valence-corrected chi connectivity index (χ2v) is 4.74. The Bertz CT molecular complexity index is 601. The number of rotatable bonds is 5. The van der Waals surface area contributed by atoms with Gasteiger partial charge in [0.15, 0.2) is 5.75 Å². The van der Waals surface area contributed by atoms with Gasteiger partial charge in [0, 0.05) is 12.1 Å². The number of halogens is 2. The fourth-order valence-corrected chi connectivity index (χ4v) is 2.31. The smallest absolute Gasteiger partial charge is 0.163 e. The van der Waals surface area contributed by atoms with E-state index in [9.17, 15) is 9.50 Å². The van der Waals surface area contributed by atoms with Crippen molar-refractivity contribution in [3.05, 3.63) is 46.5 Å². The van der Waals surface area contributed by atoms with E-state index in [1.165, 1.54) is 25.4 Å². The number of aliphatic hydroxyl groups is 1. The number of benzene rings is 1.